The van der Waals surface area contributed by atoms with E-state index in [4.69, 9.17) is 5.11 Å². The van der Waals surface area contributed by atoms with Crippen molar-refractivity contribution in [1.29, 1.82) is 0 Å². The van der Waals surface area contributed by atoms with E-state index in [9.17, 15) is 4.21 Å². The Hall–Kier alpha value is 0.460. The Balaban J connectivity index is 2.39. The van der Waals surface area contributed by atoms with Crippen LogP contribution in [0.15, 0.2) is 0 Å². The molecule has 1 saturated heterocycles. The van der Waals surface area contributed by atoms with Gasteiger partial charge in [-0.3, -0.25) is 4.21 Å². The van der Waals surface area contributed by atoms with Crippen LogP contribution in [0.3, 0.4) is 0 Å². The van der Waals surface area contributed by atoms with Crippen molar-refractivity contribution >= 4 is 22.6 Å². The van der Waals surface area contributed by atoms with Gasteiger partial charge in [0.15, 0.2) is 0 Å². The number of hydrogen-bond acceptors (Lipinski definition) is 3. The molecule has 2 nitrogen and oxygen atoms in total. The highest BCUT2D eigenvalue weighted by Crippen LogP contribution is 2.21. The van der Waals surface area contributed by atoms with Crippen LogP contribution in [0.4, 0.5) is 0 Å². The third-order valence-corrected chi connectivity index (χ3v) is 4.76. The van der Waals surface area contributed by atoms with Crippen LogP contribution in [0, 0.1) is 0 Å². The Morgan fingerprint density at radius 1 is 1.78 bits per heavy atom. The Labute approximate surface area is 61.5 Å². The van der Waals surface area contributed by atoms with Crippen LogP contribution >= 0.6 is 11.8 Å². The fraction of sp³-hybridized carbons (Fsp3) is 1.00. The highest BCUT2D eigenvalue weighted by atomic mass is 32.2. The molecule has 1 fully saturated rings. The lowest BCUT2D eigenvalue weighted by molar-refractivity contribution is 0.314. The van der Waals surface area contributed by atoms with Crippen LogP contribution in [0.25, 0.3) is 0 Å². The molecule has 0 spiro atoms. The highest BCUT2D eigenvalue weighted by molar-refractivity contribution is 8.11. The van der Waals surface area contributed by atoms with Gasteiger partial charge in [-0.2, -0.15) is 0 Å². The van der Waals surface area contributed by atoms with Crippen molar-refractivity contribution in [2.45, 2.75) is 11.0 Å². The summed E-state index contributed by atoms with van der Waals surface area (Å²) in [6.07, 6.45) is 1.04. The van der Waals surface area contributed by atoms with Gasteiger partial charge in [0.25, 0.3) is 0 Å². The first-order valence-corrected chi connectivity index (χ1v) is 5.37. The van der Waals surface area contributed by atoms with Crippen LogP contribution < -0.4 is 0 Å². The molecule has 4 heteroatoms. The average molecular weight is 166 g/mol. The summed E-state index contributed by atoms with van der Waals surface area (Å²) < 4.78 is 11.0. The van der Waals surface area contributed by atoms with Gasteiger partial charge in [0.05, 0.1) is 6.61 Å². The number of rotatable bonds is 1. The lowest BCUT2D eigenvalue weighted by atomic mass is 10.6. The zero-order valence-corrected chi connectivity index (χ0v) is 6.71. The molecule has 1 heterocycles. The van der Waals surface area contributed by atoms with E-state index in [0.717, 1.165) is 17.9 Å². The average Bonchev–Trinajstić information content (AvgIpc) is 1.89. The fourth-order valence-corrected chi connectivity index (χ4v) is 3.66. The smallest absolute Gasteiger partial charge is 0.103 e. The summed E-state index contributed by atoms with van der Waals surface area (Å²) in [4.78, 5) is 0. The molecule has 0 aromatic heterocycles. The Morgan fingerprint density at radius 2 is 2.56 bits per heavy atom. The Bertz CT molecular complexity index is 116. The Kier molecular flexibility index (Phi) is 3.01. The van der Waals surface area contributed by atoms with Crippen molar-refractivity contribution in [1.82, 2.24) is 0 Å². The minimum atomic E-state index is -0.765. The maximum atomic E-state index is 11.0. The monoisotopic (exact) mass is 166 g/mol. The summed E-state index contributed by atoms with van der Waals surface area (Å²) in [6.45, 7) is 0.0667. The predicted molar refractivity (Wildman–Crippen MR) is 41.0 cm³/mol. The molecule has 1 aliphatic rings. The van der Waals surface area contributed by atoms with Crippen molar-refractivity contribution in [3.63, 3.8) is 0 Å². The van der Waals surface area contributed by atoms with Crippen molar-refractivity contribution < 1.29 is 9.32 Å². The van der Waals surface area contributed by atoms with Crippen LogP contribution in [0.5, 0.6) is 0 Å². The second-order valence-corrected chi connectivity index (χ2v) is 5.27. The predicted octanol–water partition coefficient (Wildman–Crippen LogP) is 0.190. The first-order chi connectivity index (χ1) is 4.34. The largest absolute Gasteiger partial charge is 0.394 e. The maximum Gasteiger partial charge on any atom is 0.103 e. The van der Waals surface area contributed by atoms with E-state index in [0.29, 0.717) is 0 Å². The molecule has 2 atom stereocenters. The molecular formula is C5H10O2S2. The first kappa shape index (κ1) is 7.57. The second-order valence-electron chi connectivity index (χ2n) is 1.92. The van der Waals surface area contributed by atoms with Gasteiger partial charge in [0, 0.05) is 16.6 Å². The van der Waals surface area contributed by atoms with Gasteiger partial charge >= 0.3 is 0 Å². The van der Waals surface area contributed by atoms with Gasteiger partial charge < -0.3 is 5.11 Å². The highest BCUT2D eigenvalue weighted by Gasteiger charge is 2.19. The number of aliphatic hydroxyl groups excluding tert-OH is 1. The van der Waals surface area contributed by atoms with Gasteiger partial charge in [-0.25, -0.2) is 0 Å². The topological polar surface area (TPSA) is 37.3 Å². The molecule has 1 N–H and O–H groups in total. The molecule has 1 unspecified atom stereocenters. The van der Waals surface area contributed by atoms with Gasteiger partial charge in [-0.1, -0.05) is 0 Å². The van der Waals surface area contributed by atoms with E-state index >= 15 is 0 Å². The molecule has 0 aromatic rings. The summed E-state index contributed by atoms with van der Waals surface area (Å²) in [5.74, 6) is 1.83. The van der Waals surface area contributed by atoms with Gasteiger partial charge in [0.1, 0.15) is 4.58 Å². The summed E-state index contributed by atoms with van der Waals surface area (Å²) in [6, 6.07) is 0. The minimum Gasteiger partial charge on any atom is -0.394 e. The number of hydrogen-bond donors (Lipinski definition) is 1. The standard InChI is InChI=1S/C5H10O2S2/c6-4-5-8-2-1-3-9(5)7/h5-6H,1-4H2/t5-,9?/m0/s1. The zero-order valence-electron chi connectivity index (χ0n) is 5.08. The van der Waals surface area contributed by atoms with Crippen LogP contribution in [-0.4, -0.2) is 32.0 Å². The van der Waals surface area contributed by atoms with E-state index < -0.39 is 10.8 Å². The maximum absolute atomic E-state index is 11.0. The van der Waals surface area contributed by atoms with Crippen LogP contribution in [0.1, 0.15) is 6.42 Å². The normalized spacial score (nSPS) is 36.6. The molecule has 0 radical (unpaired) electrons. The van der Waals surface area contributed by atoms with Crippen molar-refractivity contribution in [3.8, 4) is 0 Å². The first-order valence-electron chi connectivity index (χ1n) is 2.94. The quantitative estimate of drug-likeness (QED) is 0.604. The molecule has 1 rings (SSSR count). The van der Waals surface area contributed by atoms with Crippen molar-refractivity contribution in [3.05, 3.63) is 0 Å². The summed E-state index contributed by atoms with van der Waals surface area (Å²) in [5, 5.41) is 8.65. The molecular weight excluding hydrogens is 156 g/mol. The minimum absolute atomic E-state index is 0.00116. The van der Waals surface area contributed by atoms with E-state index in [-0.39, 0.29) is 11.2 Å². The second kappa shape index (κ2) is 3.58. The molecule has 54 valence electrons. The van der Waals surface area contributed by atoms with E-state index in [1.807, 2.05) is 0 Å². The molecule has 9 heavy (non-hydrogen) atoms. The summed E-state index contributed by atoms with van der Waals surface area (Å²) in [5.41, 5.74) is 0. The third-order valence-electron chi connectivity index (χ3n) is 1.24. The molecule has 0 bridgehead atoms. The van der Waals surface area contributed by atoms with E-state index in [1.54, 1.807) is 11.8 Å². The molecule has 0 aliphatic carbocycles. The van der Waals surface area contributed by atoms with Crippen LogP contribution in [-0.2, 0) is 10.8 Å². The summed E-state index contributed by atoms with van der Waals surface area (Å²) >= 11 is 1.62. The van der Waals surface area contributed by atoms with E-state index in [2.05, 4.69) is 0 Å². The summed E-state index contributed by atoms with van der Waals surface area (Å²) in [7, 11) is -0.765. The zero-order chi connectivity index (χ0) is 6.69. The third kappa shape index (κ3) is 1.95. The molecule has 1 aliphatic heterocycles. The fourth-order valence-electron chi connectivity index (χ4n) is 0.759. The molecule has 0 amide bonds. The lowest BCUT2D eigenvalue weighted by Crippen LogP contribution is -2.23. The SMILES string of the molecule is O=S1CCCS[C@@H]1CO. The van der Waals surface area contributed by atoms with Crippen molar-refractivity contribution in [2.75, 3.05) is 18.1 Å². The van der Waals surface area contributed by atoms with Crippen LogP contribution in [0.2, 0.25) is 0 Å². The van der Waals surface area contributed by atoms with Gasteiger partial charge in [-0.15, -0.1) is 11.8 Å². The van der Waals surface area contributed by atoms with Crippen molar-refractivity contribution in [2.24, 2.45) is 0 Å². The van der Waals surface area contributed by atoms with Gasteiger partial charge in [-0.05, 0) is 12.2 Å². The molecule has 0 saturated carbocycles. The molecule has 0 aromatic carbocycles. The lowest BCUT2D eigenvalue weighted by Gasteiger charge is -2.17. The van der Waals surface area contributed by atoms with E-state index in [1.165, 1.54) is 0 Å². The van der Waals surface area contributed by atoms with Gasteiger partial charge in [0.2, 0.25) is 0 Å². The number of aliphatic hydroxyl groups is 1. The Morgan fingerprint density at radius 3 is 3.00 bits per heavy atom. The number of thioether (sulfide) groups is 1.